The van der Waals surface area contributed by atoms with Crippen molar-refractivity contribution in [1.29, 1.82) is 0 Å². The maximum Gasteiger partial charge on any atom is 0.314 e. The molecule has 7 heteroatoms. The van der Waals surface area contributed by atoms with Gasteiger partial charge in [-0.05, 0) is 26.0 Å². The number of hydrogen-bond acceptors (Lipinski definition) is 6. The van der Waals surface area contributed by atoms with Crippen molar-refractivity contribution in [3.8, 4) is 0 Å². The Kier molecular flexibility index (Phi) is 4.86. The van der Waals surface area contributed by atoms with Crippen LogP contribution in [0.15, 0.2) is 12.3 Å². The maximum absolute atomic E-state index is 11.2. The van der Waals surface area contributed by atoms with E-state index in [4.69, 9.17) is 5.11 Å². The first-order valence-electron chi connectivity index (χ1n) is 6.81. The van der Waals surface area contributed by atoms with Gasteiger partial charge in [0.25, 0.3) is 0 Å². The van der Waals surface area contributed by atoms with Crippen LogP contribution in [0.4, 0.5) is 11.5 Å². The lowest BCUT2D eigenvalue weighted by Crippen LogP contribution is -2.33. The van der Waals surface area contributed by atoms with Gasteiger partial charge in [-0.2, -0.15) is 0 Å². The molecule has 0 saturated carbocycles. The number of rotatable bonds is 4. The Labute approximate surface area is 118 Å². The molecule has 0 bridgehead atoms. The molecular formula is C13H20N4O3. The average Bonchev–Trinajstić information content (AvgIpc) is 2.64. The lowest BCUT2D eigenvalue weighted by atomic mass is 10.2. The van der Waals surface area contributed by atoms with E-state index in [9.17, 15) is 10.1 Å². The largest absolute Gasteiger partial charge is 0.395 e. The normalized spacial score (nSPS) is 17.0. The molecule has 0 unspecified atom stereocenters. The average molecular weight is 280 g/mol. The molecule has 2 heterocycles. The second kappa shape index (κ2) is 6.62. The Morgan fingerprint density at radius 2 is 2.20 bits per heavy atom. The Bertz CT molecular complexity index is 481. The van der Waals surface area contributed by atoms with E-state index >= 15 is 0 Å². The van der Waals surface area contributed by atoms with E-state index < -0.39 is 0 Å². The van der Waals surface area contributed by atoms with Gasteiger partial charge in [0.05, 0.1) is 11.5 Å². The second-order valence-corrected chi connectivity index (χ2v) is 4.96. The predicted molar refractivity (Wildman–Crippen MR) is 76.0 cm³/mol. The topological polar surface area (TPSA) is 82.7 Å². The van der Waals surface area contributed by atoms with Gasteiger partial charge in [-0.1, -0.05) is 0 Å². The van der Waals surface area contributed by atoms with E-state index in [-0.39, 0.29) is 17.2 Å². The van der Waals surface area contributed by atoms with Crippen molar-refractivity contribution in [2.24, 2.45) is 0 Å². The van der Waals surface area contributed by atoms with Gasteiger partial charge in [-0.25, -0.2) is 4.98 Å². The van der Waals surface area contributed by atoms with Crippen LogP contribution in [0.25, 0.3) is 0 Å². The molecular weight excluding hydrogens is 260 g/mol. The van der Waals surface area contributed by atoms with Crippen LogP contribution in [0.2, 0.25) is 0 Å². The quantitative estimate of drug-likeness (QED) is 0.649. The van der Waals surface area contributed by atoms with Crippen molar-refractivity contribution in [3.05, 3.63) is 27.9 Å². The highest BCUT2D eigenvalue weighted by Gasteiger charge is 2.25. The summed E-state index contributed by atoms with van der Waals surface area (Å²) in [6.45, 7) is 5.65. The van der Waals surface area contributed by atoms with Crippen molar-refractivity contribution in [3.63, 3.8) is 0 Å². The predicted octanol–water partition coefficient (Wildman–Crippen LogP) is 0.803. The minimum absolute atomic E-state index is 0.100. The number of anilines is 1. The number of aliphatic hydroxyl groups excluding tert-OH is 1. The summed E-state index contributed by atoms with van der Waals surface area (Å²) in [5, 5.41) is 20.2. The van der Waals surface area contributed by atoms with E-state index in [1.54, 1.807) is 19.2 Å². The fourth-order valence-electron chi connectivity index (χ4n) is 2.54. The van der Waals surface area contributed by atoms with Gasteiger partial charge in [-0.15, -0.1) is 0 Å². The summed E-state index contributed by atoms with van der Waals surface area (Å²) in [6.07, 6.45) is 2.53. The van der Waals surface area contributed by atoms with Crippen LogP contribution in [-0.2, 0) is 0 Å². The fourth-order valence-corrected chi connectivity index (χ4v) is 2.54. The monoisotopic (exact) mass is 280 g/mol. The lowest BCUT2D eigenvalue weighted by Gasteiger charge is -2.22. The van der Waals surface area contributed by atoms with Crippen molar-refractivity contribution in [2.75, 3.05) is 44.2 Å². The van der Waals surface area contributed by atoms with Crippen LogP contribution in [0.1, 0.15) is 12.0 Å². The molecule has 1 N–H and O–H groups in total. The molecule has 110 valence electrons. The van der Waals surface area contributed by atoms with E-state index in [1.165, 1.54) is 0 Å². The number of pyridine rings is 1. The first-order chi connectivity index (χ1) is 9.63. The van der Waals surface area contributed by atoms with Gasteiger partial charge in [0.1, 0.15) is 0 Å². The van der Waals surface area contributed by atoms with Crippen LogP contribution in [0.5, 0.6) is 0 Å². The SMILES string of the molecule is Cc1ccnc(N2CCCN(CCO)CC2)c1[N+](=O)[O-]. The van der Waals surface area contributed by atoms with E-state index in [0.29, 0.717) is 24.5 Å². The van der Waals surface area contributed by atoms with Crippen molar-refractivity contribution < 1.29 is 10.0 Å². The second-order valence-electron chi connectivity index (χ2n) is 4.96. The zero-order valence-electron chi connectivity index (χ0n) is 11.7. The third kappa shape index (κ3) is 3.23. The first-order valence-corrected chi connectivity index (χ1v) is 6.81. The number of aliphatic hydroxyl groups is 1. The minimum Gasteiger partial charge on any atom is -0.395 e. The molecule has 0 radical (unpaired) electrons. The van der Waals surface area contributed by atoms with Crippen LogP contribution < -0.4 is 4.90 Å². The highest BCUT2D eigenvalue weighted by atomic mass is 16.6. The molecule has 1 fully saturated rings. The van der Waals surface area contributed by atoms with Gasteiger partial charge in [0.15, 0.2) is 0 Å². The molecule has 0 aliphatic carbocycles. The summed E-state index contributed by atoms with van der Waals surface area (Å²) in [5.41, 5.74) is 0.736. The lowest BCUT2D eigenvalue weighted by molar-refractivity contribution is -0.384. The number of nitro groups is 1. The van der Waals surface area contributed by atoms with Crippen LogP contribution in [-0.4, -0.2) is 59.2 Å². The highest BCUT2D eigenvalue weighted by molar-refractivity contribution is 5.61. The van der Waals surface area contributed by atoms with Crippen molar-refractivity contribution >= 4 is 11.5 Å². The van der Waals surface area contributed by atoms with E-state index in [1.807, 2.05) is 4.90 Å². The van der Waals surface area contributed by atoms with Gasteiger partial charge >= 0.3 is 5.69 Å². The molecule has 0 aromatic carbocycles. The summed E-state index contributed by atoms with van der Waals surface area (Å²) < 4.78 is 0. The molecule has 1 saturated heterocycles. The Hall–Kier alpha value is -1.73. The minimum atomic E-state index is -0.353. The fraction of sp³-hybridized carbons (Fsp3) is 0.615. The molecule has 0 atom stereocenters. The van der Waals surface area contributed by atoms with Gasteiger partial charge in [-0.3, -0.25) is 15.0 Å². The number of aryl methyl sites for hydroxylation is 1. The molecule has 7 nitrogen and oxygen atoms in total. The number of aromatic nitrogens is 1. The zero-order valence-corrected chi connectivity index (χ0v) is 11.7. The molecule has 1 aliphatic rings. The first kappa shape index (κ1) is 14.7. The van der Waals surface area contributed by atoms with Crippen molar-refractivity contribution in [2.45, 2.75) is 13.3 Å². The third-order valence-corrected chi connectivity index (χ3v) is 3.59. The number of nitrogens with zero attached hydrogens (tertiary/aromatic N) is 4. The van der Waals surface area contributed by atoms with Crippen LogP contribution in [0.3, 0.4) is 0 Å². The third-order valence-electron chi connectivity index (χ3n) is 3.59. The summed E-state index contributed by atoms with van der Waals surface area (Å²) in [7, 11) is 0. The molecule has 0 spiro atoms. The molecule has 20 heavy (non-hydrogen) atoms. The van der Waals surface area contributed by atoms with Crippen LogP contribution >= 0.6 is 0 Å². The summed E-state index contributed by atoms with van der Waals surface area (Å²) in [5.74, 6) is 0.459. The van der Waals surface area contributed by atoms with Gasteiger partial charge in [0, 0.05) is 37.9 Å². The molecule has 1 aromatic rings. The maximum atomic E-state index is 11.2. The smallest absolute Gasteiger partial charge is 0.314 e. The zero-order chi connectivity index (χ0) is 14.5. The summed E-state index contributed by atoms with van der Waals surface area (Å²) in [4.78, 5) is 19.2. The van der Waals surface area contributed by atoms with Crippen molar-refractivity contribution in [1.82, 2.24) is 9.88 Å². The van der Waals surface area contributed by atoms with E-state index in [2.05, 4.69) is 9.88 Å². The Morgan fingerprint density at radius 1 is 1.40 bits per heavy atom. The molecule has 0 amide bonds. The molecule has 2 rings (SSSR count). The number of β-amino-alcohol motifs (C(OH)–C–C–N with tert-alkyl or cyclic N) is 1. The van der Waals surface area contributed by atoms with Gasteiger partial charge in [0.2, 0.25) is 5.82 Å². The number of hydrogen-bond donors (Lipinski definition) is 1. The standard InChI is InChI=1S/C13H20N4O3/c1-11-3-4-14-13(12(11)17(19)20)16-6-2-5-15(7-8-16)9-10-18/h3-4,18H,2,5-10H2,1H3. The Balaban J connectivity index is 2.20. The summed E-state index contributed by atoms with van der Waals surface area (Å²) in [6, 6.07) is 1.66. The van der Waals surface area contributed by atoms with E-state index in [0.717, 1.165) is 26.1 Å². The van der Waals surface area contributed by atoms with Crippen LogP contribution in [0, 0.1) is 17.0 Å². The highest BCUT2D eigenvalue weighted by Crippen LogP contribution is 2.29. The summed E-state index contributed by atoms with van der Waals surface area (Å²) >= 11 is 0. The Morgan fingerprint density at radius 3 is 2.90 bits per heavy atom. The molecule has 1 aliphatic heterocycles. The van der Waals surface area contributed by atoms with Gasteiger partial charge < -0.3 is 10.0 Å². The molecule has 1 aromatic heterocycles.